The number of nitriles is 1. The first-order valence-corrected chi connectivity index (χ1v) is 18.6. The van der Waals surface area contributed by atoms with Crippen LogP contribution in [0.4, 0.5) is 0 Å². The van der Waals surface area contributed by atoms with E-state index in [1.54, 1.807) is 0 Å². The van der Waals surface area contributed by atoms with Gasteiger partial charge in [0.2, 0.25) is 0 Å². The Kier molecular flexibility index (Phi) is 6.02. The predicted molar refractivity (Wildman–Crippen MR) is 220 cm³/mol. The molecule has 8 aromatic carbocycles. The van der Waals surface area contributed by atoms with Crippen LogP contribution in [-0.4, -0.2) is 9.55 Å². The first-order chi connectivity index (χ1) is 27.2. The maximum Gasteiger partial charge on any atom is 0.145 e. The Labute approximate surface area is 316 Å². The lowest BCUT2D eigenvalue weighted by Crippen LogP contribution is -2.26. The Hall–Kier alpha value is -7.48. The molecule has 1 atom stereocenters. The summed E-state index contributed by atoms with van der Waals surface area (Å²) in [5.74, 6) is 0.905. The quantitative estimate of drug-likeness (QED) is 0.184. The van der Waals surface area contributed by atoms with E-state index in [-0.39, 0.29) is 0 Å². The van der Waals surface area contributed by atoms with Gasteiger partial charge < -0.3 is 4.42 Å². The minimum atomic E-state index is -0.620. The van der Waals surface area contributed by atoms with Crippen molar-refractivity contribution in [2.75, 3.05) is 0 Å². The van der Waals surface area contributed by atoms with Gasteiger partial charge in [0.1, 0.15) is 17.0 Å². The number of fused-ring (bicyclic) bond motifs is 15. The van der Waals surface area contributed by atoms with E-state index in [1.165, 1.54) is 44.5 Å². The average Bonchev–Trinajstić information content (AvgIpc) is 3.99. The summed E-state index contributed by atoms with van der Waals surface area (Å²) in [6, 6.07) is 64.6. The van der Waals surface area contributed by atoms with Gasteiger partial charge in [0, 0.05) is 27.6 Å². The second kappa shape index (κ2) is 11.0. The van der Waals surface area contributed by atoms with Crippen molar-refractivity contribution in [1.82, 2.24) is 9.55 Å². The van der Waals surface area contributed by atoms with Gasteiger partial charge >= 0.3 is 0 Å². The number of aromatic nitrogens is 2. The van der Waals surface area contributed by atoms with Crippen molar-refractivity contribution in [3.8, 4) is 56.5 Å². The van der Waals surface area contributed by atoms with Crippen molar-refractivity contribution < 1.29 is 4.42 Å². The monoisotopic (exact) mass is 699 g/mol. The molecule has 0 radical (unpaired) electrons. The molecule has 2 aromatic heterocycles. The van der Waals surface area contributed by atoms with Crippen molar-refractivity contribution in [3.05, 3.63) is 204 Å². The highest BCUT2D eigenvalue weighted by Crippen LogP contribution is 2.65. The van der Waals surface area contributed by atoms with Gasteiger partial charge in [0.25, 0.3) is 0 Å². The van der Waals surface area contributed by atoms with Gasteiger partial charge in [-0.1, -0.05) is 121 Å². The van der Waals surface area contributed by atoms with Gasteiger partial charge in [-0.15, -0.1) is 0 Å². The normalized spacial score (nSPS) is 15.0. The lowest BCUT2D eigenvalue weighted by Gasteiger charge is -2.31. The third kappa shape index (κ3) is 3.91. The van der Waals surface area contributed by atoms with Crippen LogP contribution in [0.2, 0.25) is 0 Å². The molecule has 0 N–H and O–H groups in total. The van der Waals surface area contributed by atoms with E-state index in [1.807, 2.05) is 30.3 Å². The first kappa shape index (κ1) is 30.0. The summed E-state index contributed by atoms with van der Waals surface area (Å²) >= 11 is 0. The van der Waals surface area contributed by atoms with Crippen LogP contribution < -0.4 is 0 Å². The summed E-state index contributed by atoms with van der Waals surface area (Å²) < 4.78 is 9.09. The van der Waals surface area contributed by atoms with Crippen molar-refractivity contribution in [1.29, 1.82) is 5.26 Å². The lowest BCUT2D eigenvalue weighted by molar-refractivity contribution is 0.669. The zero-order valence-electron chi connectivity index (χ0n) is 29.5. The number of rotatable bonds is 3. The second-order valence-corrected chi connectivity index (χ2v) is 14.5. The fourth-order valence-electron chi connectivity index (χ4n) is 9.64. The molecule has 0 aliphatic heterocycles. The summed E-state index contributed by atoms with van der Waals surface area (Å²) in [6.07, 6.45) is 0. The number of imidazole rings is 1. The van der Waals surface area contributed by atoms with E-state index in [2.05, 4.69) is 156 Å². The SMILES string of the molecule is N#Cc1ccc(-c2cc3c(c4c2oc2ccccc24)-c2ccccc2C32c3ccccc3-c3ccc(-c4nc5ccccc5n4-c4ccccc4)cc32)cc1. The predicted octanol–water partition coefficient (Wildman–Crippen LogP) is 12.5. The number of hydrogen-bond acceptors (Lipinski definition) is 3. The maximum absolute atomic E-state index is 9.67. The highest BCUT2D eigenvalue weighted by atomic mass is 16.3. The van der Waals surface area contributed by atoms with Crippen LogP contribution in [0.15, 0.2) is 180 Å². The number of hydrogen-bond donors (Lipinski definition) is 0. The van der Waals surface area contributed by atoms with Crippen molar-refractivity contribution in [2.24, 2.45) is 0 Å². The molecule has 10 aromatic rings. The molecule has 254 valence electrons. The molecular weight excluding hydrogens is 671 g/mol. The lowest BCUT2D eigenvalue weighted by atomic mass is 9.70. The first-order valence-electron chi connectivity index (χ1n) is 18.6. The summed E-state index contributed by atoms with van der Waals surface area (Å²) in [7, 11) is 0. The van der Waals surface area contributed by atoms with E-state index in [0.717, 1.165) is 61.2 Å². The van der Waals surface area contributed by atoms with Crippen molar-refractivity contribution >= 4 is 33.0 Å². The van der Waals surface area contributed by atoms with Crippen LogP contribution in [-0.2, 0) is 5.41 Å². The molecular formula is C51H29N3O. The van der Waals surface area contributed by atoms with Gasteiger partial charge in [-0.2, -0.15) is 5.26 Å². The third-order valence-corrected chi connectivity index (χ3v) is 11.9. The van der Waals surface area contributed by atoms with Crippen LogP contribution in [0.1, 0.15) is 27.8 Å². The molecule has 4 heteroatoms. The fourth-order valence-corrected chi connectivity index (χ4v) is 9.64. The number of para-hydroxylation sites is 4. The molecule has 2 aliphatic carbocycles. The highest BCUT2D eigenvalue weighted by molar-refractivity contribution is 6.19. The minimum absolute atomic E-state index is 0.620. The van der Waals surface area contributed by atoms with Crippen LogP contribution in [0.25, 0.3) is 83.4 Å². The smallest absolute Gasteiger partial charge is 0.145 e. The summed E-state index contributed by atoms with van der Waals surface area (Å²) in [5, 5.41) is 11.9. The van der Waals surface area contributed by atoms with Crippen LogP contribution in [0.5, 0.6) is 0 Å². The zero-order valence-corrected chi connectivity index (χ0v) is 29.5. The van der Waals surface area contributed by atoms with Crippen LogP contribution in [0.3, 0.4) is 0 Å². The molecule has 0 amide bonds. The molecule has 2 aliphatic rings. The number of benzene rings is 8. The van der Waals surface area contributed by atoms with Crippen LogP contribution in [0, 0.1) is 11.3 Å². The van der Waals surface area contributed by atoms with Gasteiger partial charge in [-0.25, -0.2) is 4.98 Å². The topological polar surface area (TPSA) is 54.8 Å². The summed E-state index contributed by atoms with van der Waals surface area (Å²) in [5.41, 5.74) is 17.8. The third-order valence-electron chi connectivity index (χ3n) is 11.9. The highest BCUT2D eigenvalue weighted by Gasteiger charge is 2.53. The Morgan fingerprint density at radius 2 is 1.22 bits per heavy atom. The van der Waals surface area contributed by atoms with E-state index >= 15 is 0 Å². The zero-order chi connectivity index (χ0) is 36.3. The molecule has 0 saturated heterocycles. The van der Waals surface area contributed by atoms with Crippen molar-refractivity contribution in [3.63, 3.8) is 0 Å². The summed E-state index contributed by atoms with van der Waals surface area (Å²) in [4.78, 5) is 5.30. The summed E-state index contributed by atoms with van der Waals surface area (Å²) in [6.45, 7) is 0. The van der Waals surface area contributed by atoms with Crippen LogP contribution >= 0.6 is 0 Å². The van der Waals surface area contributed by atoms with Crippen molar-refractivity contribution in [2.45, 2.75) is 5.41 Å². The maximum atomic E-state index is 9.67. The Balaban J connectivity index is 1.22. The number of nitrogens with zero attached hydrogens (tertiary/aromatic N) is 3. The fraction of sp³-hybridized carbons (Fsp3) is 0.0196. The molecule has 4 nitrogen and oxygen atoms in total. The Morgan fingerprint density at radius 1 is 0.545 bits per heavy atom. The van der Waals surface area contributed by atoms with E-state index in [4.69, 9.17) is 9.40 Å². The number of furan rings is 1. The average molecular weight is 700 g/mol. The Bertz CT molecular complexity index is 3270. The van der Waals surface area contributed by atoms with Gasteiger partial charge in [-0.05, 0) is 105 Å². The van der Waals surface area contributed by atoms with E-state index < -0.39 is 5.41 Å². The van der Waals surface area contributed by atoms with Gasteiger partial charge in [0.15, 0.2) is 0 Å². The molecule has 0 fully saturated rings. The van der Waals surface area contributed by atoms with Gasteiger partial charge in [0.05, 0.1) is 28.1 Å². The Morgan fingerprint density at radius 3 is 2.05 bits per heavy atom. The molecule has 12 rings (SSSR count). The largest absolute Gasteiger partial charge is 0.455 e. The van der Waals surface area contributed by atoms with E-state index in [0.29, 0.717) is 5.56 Å². The second-order valence-electron chi connectivity index (χ2n) is 14.5. The molecule has 1 spiro atoms. The standard InChI is InChI=1S/C51H29N3O/c52-30-31-22-24-32(25-23-31)39-29-43-47(48-38-16-6-11-21-46(38)55-49(39)48)37-15-5-8-18-41(37)51(43)40-17-7-4-14-35(40)36-27-26-33(28-42(36)51)50-53-44-19-9-10-20-45(44)54(50)34-12-2-1-3-13-34/h1-29H. The van der Waals surface area contributed by atoms with E-state index in [9.17, 15) is 5.26 Å². The minimum Gasteiger partial charge on any atom is -0.455 e. The molecule has 0 bridgehead atoms. The molecule has 55 heavy (non-hydrogen) atoms. The molecule has 2 heterocycles. The molecule has 0 saturated carbocycles. The van der Waals surface area contributed by atoms with Gasteiger partial charge in [-0.3, -0.25) is 4.57 Å². The molecule has 1 unspecified atom stereocenters.